The van der Waals surface area contributed by atoms with Gasteiger partial charge in [-0.15, -0.1) is 0 Å². The molecule has 1 aliphatic heterocycles. The Balaban J connectivity index is 1.16. The molecule has 50 heavy (non-hydrogen) atoms. The lowest BCUT2D eigenvalue weighted by Gasteiger charge is -2.43. The van der Waals surface area contributed by atoms with Gasteiger partial charge in [0.15, 0.2) is 0 Å². The third-order valence-corrected chi connectivity index (χ3v) is 10.8. The lowest BCUT2D eigenvalue weighted by Crippen LogP contribution is -2.54. The molecule has 3 aromatic rings. The van der Waals surface area contributed by atoms with Crippen LogP contribution < -0.4 is 4.72 Å². The first-order chi connectivity index (χ1) is 23.8. The fraction of sp³-hybridized carbons (Fsp3) is 0.462. The van der Waals surface area contributed by atoms with Crippen LogP contribution in [0.3, 0.4) is 0 Å². The van der Waals surface area contributed by atoms with Gasteiger partial charge in [-0.3, -0.25) is 9.59 Å². The van der Waals surface area contributed by atoms with Crippen molar-refractivity contribution in [1.29, 1.82) is 0 Å². The quantitative estimate of drug-likeness (QED) is 0.239. The minimum absolute atomic E-state index is 0.0478. The first-order valence-electron chi connectivity index (χ1n) is 17.5. The van der Waals surface area contributed by atoms with Crippen molar-refractivity contribution in [1.82, 2.24) is 14.5 Å². The summed E-state index contributed by atoms with van der Waals surface area (Å²) in [7, 11) is -3.75. The number of amides is 2. The van der Waals surface area contributed by atoms with Crippen LogP contribution in [-0.2, 0) is 35.5 Å². The summed E-state index contributed by atoms with van der Waals surface area (Å²) in [5.41, 5.74) is 3.21. The fourth-order valence-corrected chi connectivity index (χ4v) is 7.95. The number of nitrogens with zero attached hydrogens (tertiary/aromatic N) is 2. The highest BCUT2D eigenvalue weighted by molar-refractivity contribution is 7.89. The Hall–Kier alpha value is -4.22. The summed E-state index contributed by atoms with van der Waals surface area (Å²) in [6, 6.07) is 23.9. The van der Waals surface area contributed by atoms with Crippen molar-refractivity contribution in [2.75, 3.05) is 26.2 Å². The van der Waals surface area contributed by atoms with E-state index >= 15 is 0 Å². The van der Waals surface area contributed by atoms with E-state index in [2.05, 4.69) is 4.72 Å². The van der Waals surface area contributed by atoms with Gasteiger partial charge in [-0.05, 0) is 94.2 Å². The third kappa shape index (κ3) is 9.72. The molecule has 0 unspecified atom stereocenters. The average molecular weight is 704 g/mol. The second-order valence-corrected chi connectivity index (χ2v) is 15.8. The van der Waals surface area contributed by atoms with Crippen LogP contribution in [0.4, 0.5) is 4.79 Å². The van der Waals surface area contributed by atoms with Gasteiger partial charge in [0.05, 0.1) is 17.5 Å². The molecule has 1 N–H and O–H groups in total. The topological polar surface area (TPSA) is 122 Å². The molecule has 0 spiro atoms. The second-order valence-electron chi connectivity index (χ2n) is 14.1. The van der Waals surface area contributed by atoms with Gasteiger partial charge in [-0.1, -0.05) is 66.7 Å². The number of hydrogen-bond acceptors (Lipinski definition) is 7. The van der Waals surface area contributed by atoms with Crippen molar-refractivity contribution in [2.45, 2.75) is 88.8 Å². The van der Waals surface area contributed by atoms with E-state index in [-0.39, 0.29) is 40.9 Å². The van der Waals surface area contributed by atoms with Crippen molar-refractivity contribution < 1.29 is 32.3 Å². The Morgan fingerprint density at radius 1 is 0.840 bits per heavy atom. The molecule has 0 bridgehead atoms. The highest BCUT2D eigenvalue weighted by Crippen LogP contribution is 2.33. The largest absolute Gasteiger partial charge is 0.466 e. The normalized spacial score (nSPS) is 19.9. The van der Waals surface area contributed by atoms with E-state index < -0.39 is 15.6 Å². The number of sulfonamides is 1. The summed E-state index contributed by atoms with van der Waals surface area (Å²) in [6.07, 6.45) is 2.82. The summed E-state index contributed by atoms with van der Waals surface area (Å²) in [6.45, 7) is 8.82. The van der Waals surface area contributed by atoms with Crippen molar-refractivity contribution in [3.8, 4) is 11.1 Å². The number of rotatable bonds is 10. The summed E-state index contributed by atoms with van der Waals surface area (Å²) in [5.74, 6) is -0.384. The maximum atomic E-state index is 13.9. The number of carbonyl (C=O) groups excluding carboxylic acids is 3. The van der Waals surface area contributed by atoms with Crippen LogP contribution in [0.5, 0.6) is 0 Å². The van der Waals surface area contributed by atoms with Gasteiger partial charge in [0.1, 0.15) is 5.60 Å². The Bertz CT molecular complexity index is 1710. The molecule has 2 amide bonds. The van der Waals surface area contributed by atoms with Gasteiger partial charge in [0, 0.05) is 38.0 Å². The maximum Gasteiger partial charge on any atom is 0.410 e. The number of piperazine rings is 1. The van der Waals surface area contributed by atoms with E-state index in [1.54, 1.807) is 36.1 Å². The molecule has 0 aromatic heterocycles. The molecule has 2 aliphatic rings. The molecule has 10 nitrogen and oxygen atoms in total. The highest BCUT2D eigenvalue weighted by Gasteiger charge is 2.39. The van der Waals surface area contributed by atoms with Gasteiger partial charge in [0.25, 0.3) is 0 Å². The summed E-state index contributed by atoms with van der Waals surface area (Å²) < 4.78 is 40.2. The Morgan fingerprint density at radius 2 is 1.46 bits per heavy atom. The van der Waals surface area contributed by atoms with Gasteiger partial charge in [-0.2, -0.15) is 0 Å². The molecule has 0 radical (unpaired) electrons. The second kappa shape index (κ2) is 16.2. The Kier molecular flexibility index (Phi) is 12.0. The molecule has 3 aromatic carbocycles. The van der Waals surface area contributed by atoms with Gasteiger partial charge in [0.2, 0.25) is 15.9 Å². The van der Waals surface area contributed by atoms with E-state index in [9.17, 15) is 22.8 Å². The van der Waals surface area contributed by atoms with Crippen LogP contribution in [-0.4, -0.2) is 74.1 Å². The minimum Gasteiger partial charge on any atom is -0.466 e. The third-order valence-electron chi connectivity index (χ3n) is 9.27. The SMILES string of the molecule is CCOC(=O)CCc1ccc(-c2ccc(S(=O)(=O)NC3CCC(C(=O)N4CCN(C(=O)OC(C)(C)C)C[C@@H]4c4ccccc4)CC3)cc2)cc1. The van der Waals surface area contributed by atoms with Crippen LogP contribution >= 0.6 is 0 Å². The van der Waals surface area contributed by atoms with Crippen molar-refractivity contribution in [2.24, 2.45) is 5.92 Å². The molecule has 11 heteroatoms. The molecule has 268 valence electrons. The number of carbonyl (C=O) groups is 3. The molecule has 1 aliphatic carbocycles. The van der Waals surface area contributed by atoms with Crippen LogP contribution in [0, 0.1) is 5.92 Å². The van der Waals surface area contributed by atoms with Crippen molar-refractivity contribution >= 4 is 28.0 Å². The van der Waals surface area contributed by atoms with E-state index in [0.29, 0.717) is 64.8 Å². The molecule has 1 saturated heterocycles. The molecule has 5 rings (SSSR count). The average Bonchev–Trinajstić information content (AvgIpc) is 3.10. The van der Waals surface area contributed by atoms with Crippen molar-refractivity contribution in [3.05, 3.63) is 90.0 Å². The predicted octanol–water partition coefficient (Wildman–Crippen LogP) is 6.51. The monoisotopic (exact) mass is 703 g/mol. The number of benzene rings is 3. The molecule has 1 heterocycles. The van der Waals surface area contributed by atoms with E-state index in [1.807, 2.05) is 80.3 Å². The highest BCUT2D eigenvalue weighted by atomic mass is 32.2. The lowest BCUT2D eigenvalue weighted by molar-refractivity contribution is -0.143. The standard InChI is InChI=1S/C39H49N3O7S/c1-5-48-36(43)24-13-28-11-14-29(15-12-28)30-18-22-34(23-19-30)50(46,47)40-33-20-16-32(17-21-33)37(44)42-26-25-41(38(45)49-39(2,3)4)27-35(42)31-9-7-6-8-10-31/h6-12,14-15,18-19,22-23,32-33,35,40H,5,13,16-17,20-21,24-27H2,1-4H3/t32?,33?,35-/m1/s1. The van der Waals surface area contributed by atoms with Crippen LogP contribution in [0.2, 0.25) is 0 Å². The number of hydrogen-bond donors (Lipinski definition) is 1. The predicted molar refractivity (Wildman–Crippen MR) is 192 cm³/mol. The van der Waals surface area contributed by atoms with Gasteiger partial charge in [-0.25, -0.2) is 17.9 Å². The number of esters is 1. The Morgan fingerprint density at radius 3 is 2.06 bits per heavy atom. The zero-order valence-electron chi connectivity index (χ0n) is 29.5. The maximum absolute atomic E-state index is 13.9. The molecule has 2 fully saturated rings. The first-order valence-corrected chi connectivity index (χ1v) is 19.0. The molecule has 1 saturated carbocycles. The Labute approximate surface area is 296 Å². The lowest BCUT2D eigenvalue weighted by atomic mass is 9.85. The van der Waals surface area contributed by atoms with Crippen molar-refractivity contribution in [3.63, 3.8) is 0 Å². The molecule has 1 atom stereocenters. The summed E-state index contributed by atoms with van der Waals surface area (Å²) >= 11 is 0. The smallest absolute Gasteiger partial charge is 0.410 e. The minimum atomic E-state index is -3.75. The van der Waals surface area contributed by atoms with E-state index in [1.165, 1.54) is 0 Å². The summed E-state index contributed by atoms with van der Waals surface area (Å²) in [4.78, 5) is 42.3. The number of aryl methyl sites for hydroxylation is 1. The first kappa shape index (κ1) is 37.0. The molecular weight excluding hydrogens is 655 g/mol. The molecular formula is C39H49N3O7S. The zero-order valence-corrected chi connectivity index (χ0v) is 30.3. The van der Waals surface area contributed by atoms with E-state index in [0.717, 1.165) is 22.3 Å². The fourth-order valence-electron chi connectivity index (χ4n) is 6.65. The summed E-state index contributed by atoms with van der Waals surface area (Å²) in [5, 5.41) is 0. The van der Waals surface area contributed by atoms with Crippen LogP contribution in [0.1, 0.15) is 77.0 Å². The number of ether oxygens (including phenoxy) is 2. The van der Waals surface area contributed by atoms with Crippen LogP contribution in [0.25, 0.3) is 11.1 Å². The van der Waals surface area contributed by atoms with E-state index in [4.69, 9.17) is 9.47 Å². The number of nitrogens with one attached hydrogen (secondary N) is 1. The van der Waals surface area contributed by atoms with Gasteiger partial charge >= 0.3 is 12.1 Å². The zero-order chi connectivity index (χ0) is 35.9. The van der Waals surface area contributed by atoms with Crippen LogP contribution in [0.15, 0.2) is 83.8 Å². The van der Waals surface area contributed by atoms with Gasteiger partial charge < -0.3 is 19.3 Å².